The van der Waals surface area contributed by atoms with Crippen LogP contribution in [0.1, 0.15) is 0 Å². The molecule has 0 aliphatic heterocycles. The van der Waals surface area contributed by atoms with Crippen LogP contribution in [0.4, 0.5) is 0 Å². The molecule has 4 heteroatoms. The lowest BCUT2D eigenvalue weighted by Gasteiger charge is -2.12. The summed E-state index contributed by atoms with van der Waals surface area (Å²) in [7, 11) is 0. The summed E-state index contributed by atoms with van der Waals surface area (Å²) in [6.45, 7) is 0. The molecule has 9 aromatic rings. The van der Waals surface area contributed by atoms with Crippen LogP contribution in [-0.2, 0) is 0 Å². The van der Waals surface area contributed by atoms with Gasteiger partial charge in [-0.2, -0.15) is 4.98 Å². The summed E-state index contributed by atoms with van der Waals surface area (Å²) >= 11 is 0. The Balaban J connectivity index is 1.15. The van der Waals surface area contributed by atoms with Crippen molar-refractivity contribution < 1.29 is 4.42 Å². The summed E-state index contributed by atoms with van der Waals surface area (Å²) in [5.41, 5.74) is 12.6. The van der Waals surface area contributed by atoms with Crippen LogP contribution in [0.15, 0.2) is 180 Å². The van der Waals surface area contributed by atoms with Gasteiger partial charge in [-0.15, -0.1) is 0 Å². The zero-order chi connectivity index (χ0) is 32.6. The summed E-state index contributed by atoms with van der Waals surface area (Å²) in [6.07, 6.45) is 0. The number of hydrogen-bond donors (Lipinski definition) is 0. The molecule has 49 heavy (non-hydrogen) atoms. The Morgan fingerprint density at radius 2 is 0.878 bits per heavy atom. The number of para-hydroxylation sites is 1. The molecule has 0 aliphatic rings. The fourth-order valence-corrected chi connectivity index (χ4v) is 6.49. The first kappa shape index (κ1) is 28.6. The lowest BCUT2D eigenvalue weighted by Crippen LogP contribution is -1.94. The molecule has 3 aromatic heterocycles. The van der Waals surface area contributed by atoms with Crippen molar-refractivity contribution in [3.63, 3.8) is 0 Å². The highest BCUT2D eigenvalue weighted by Crippen LogP contribution is 2.37. The number of rotatable bonds is 6. The van der Waals surface area contributed by atoms with Crippen molar-refractivity contribution in [2.75, 3.05) is 0 Å². The Kier molecular flexibility index (Phi) is 7.10. The standard InChI is InChI=1S/C45H29N3O/c1-4-14-30(15-5-1)37-28-39(31-16-6-2-7-17-31)46-40(29-37)35-22-12-20-33(26-35)34-21-13-23-36(27-34)44-47-43(32-18-8-3-9-19-32)42-38-24-10-11-25-41(38)49-45(42)48-44/h1-29H. The molecule has 4 nitrogen and oxygen atoms in total. The van der Waals surface area contributed by atoms with Gasteiger partial charge in [0.05, 0.1) is 22.5 Å². The van der Waals surface area contributed by atoms with Crippen molar-refractivity contribution >= 4 is 22.1 Å². The number of pyridine rings is 1. The van der Waals surface area contributed by atoms with Crippen molar-refractivity contribution in [1.82, 2.24) is 15.0 Å². The maximum absolute atomic E-state index is 6.28. The van der Waals surface area contributed by atoms with Crippen molar-refractivity contribution in [1.29, 1.82) is 0 Å². The second-order valence-corrected chi connectivity index (χ2v) is 12.1. The molecule has 230 valence electrons. The first-order chi connectivity index (χ1) is 24.3. The summed E-state index contributed by atoms with van der Waals surface area (Å²) in [4.78, 5) is 15.3. The topological polar surface area (TPSA) is 51.8 Å². The van der Waals surface area contributed by atoms with E-state index in [1.54, 1.807) is 0 Å². The third kappa shape index (κ3) is 5.45. The smallest absolute Gasteiger partial charge is 0.231 e. The van der Waals surface area contributed by atoms with Crippen molar-refractivity contribution in [3.8, 4) is 67.4 Å². The van der Waals surface area contributed by atoms with Gasteiger partial charge in [-0.05, 0) is 52.6 Å². The van der Waals surface area contributed by atoms with E-state index >= 15 is 0 Å². The van der Waals surface area contributed by atoms with E-state index in [4.69, 9.17) is 19.4 Å². The van der Waals surface area contributed by atoms with E-state index in [0.717, 1.165) is 77.9 Å². The zero-order valence-electron chi connectivity index (χ0n) is 26.5. The second kappa shape index (κ2) is 12.2. The fourth-order valence-electron chi connectivity index (χ4n) is 6.49. The number of fused-ring (bicyclic) bond motifs is 3. The number of hydrogen-bond acceptors (Lipinski definition) is 4. The molecule has 0 amide bonds. The second-order valence-electron chi connectivity index (χ2n) is 12.1. The quantitative estimate of drug-likeness (QED) is 0.184. The molecule has 0 atom stereocenters. The highest BCUT2D eigenvalue weighted by Gasteiger charge is 2.18. The van der Waals surface area contributed by atoms with E-state index < -0.39 is 0 Å². The van der Waals surface area contributed by atoms with Crippen LogP contribution in [0.5, 0.6) is 0 Å². The highest BCUT2D eigenvalue weighted by molar-refractivity contribution is 6.10. The molecule has 0 fully saturated rings. The molecular weight excluding hydrogens is 599 g/mol. The predicted molar refractivity (Wildman–Crippen MR) is 200 cm³/mol. The summed E-state index contributed by atoms with van der Waals surface area (Å²) in [6, 6.07) is 60.5. The molecule has 3 heterocycles. The van der Waals surface area contributed by atoms with Crippen molar-refractivity contribution in [2.24, 2.45) is 0 Å². The molecule has 9 rings (SSSR count). The van der Waals surface area contributed by atoms with Crippen LogP contribution in [-0.4, -0.2) is 15.0 Å². The van der Waals surface area contributed by atoms with Gasteiger partial charge >= 0.3 is 0 Å². The van der Waals surface area contributed by atoms with Gasteiger partial charge in [-0.3, -0.25) is 0 Å². The van der Waals surface area contributed by atoms with E-state index in [1.807, 2.05) is 48.5 Å². The lowest BCUT2D eigenvalue weighted by atomic mass is 9.97. The van der Waals surface area contributed by atoms with Gasteiger partial charge in [-0.25, -0.2) is 9.97 Å². The number of furan rings is 1. The Morgan fingerprint density at radius 3 is 1.59 bits per heavy atom. The summed E-state index contributed by atoms with van der Waals surface area (Å²) in [5.74, 6) is 0.619. The zero-order valence-corrected chi connectivity index (χ0v) is 26.5. The van der Waals surface area contributed by atoms with E-state index in [-0.39, 0.29) is 0 Å². The average Bonchev–Trinajstić information content (AvgIpc) is 3.57. The molecule has 0 N–H and O–H groups in total. The Morgan fingerprint density at radius 1 is 0.347 bits per heavy atom. The minimum Gasteiger partial charge on any atom is -0.438 e. The van der Waals surface area contributed by atoms with Gasteiger partial charge in [0.2, 0.25) is 5.71 Å². The van der Waals surface area contributed by atoms with Crippen LogP contribution in [0, 0.1) is 0 Å². The Labute approximate surface area is 284 Å². The molecular formula is C45H29N3O. The molecule has 0 radical (unpaired) electrons. The van der Waals surface area contributed by atoms with E-state index in [9.17, 15) is 0 Å². The van der Waals surface area contributed by atoms with Crippen LogP contribution >= 0.6 is 0 Å². The van der Waals surface area contributed by atoms with Crippen LogP contribution in [0.25, 0.3) is 89.5 Å². The highest BCUT2D eigenvalue weighted by atomic mass is 16.3. The maximum Gasteiger partial charge on any atom is 0.231 e. The van der Waals surface area contributed by atoms with Gasteiger partial charge in [-0.1, -0.05) is 146 Å². The van der Waals surface area contributed by atoms with Gasteiger partial charge in [0, 0.05) is 27.6 Å². The first-order valence-corrected chi connectivity index (χ1v) is 16.4. The van der Waals surface area contributed by atoms with Gasteiger partial charge < -0.3 is 4.42 Å². The normalized spacial score (nSPS) is 11.3. The third-order valence-electron chi connectivity index (χ3n) is 8.90. The minimum atomic E-state index is 0.580. The molecule has 0 aliphatic carbocycles. The fraction of sp³-hybridized carbons (Fsp3) is 0. The Hall–Kier alpha value is -6.65. The number of aromatic nitrogens is 3. The van der Waals surface area contributed by atoms with Gasteiger partial charge in [0.15, 0.2) is 5.82 Å². The van der Waals surface area contributed by atoms with Gasteiger partial charge in [0.25, 0.3) is 0 Å². The van der Waals surface area contributed by atoms with Crippen LogP contribution in [0.2, 0.25) is 0 Å². The molecule has 0 unspecified atom stereocenters. The molecule has 0 saturated heterocycles. The Bertz CT molecular complexity index is 2540. The van der Waals surface area contributed by atoms with Crippen LogP contribution in [0.3, 0.4) is 0 Å². The number of benzene rings is 6. The maximum atomic E-state index is 6.28. The molecule has 6 aromatic carbocycles. The van der Waals surface area contributed by atoms with Crippen molar-refractivity contribution in [2.45, 2.75) is 0 Å². The van der Waals surface area contributed by atoms with E-state index in [0.29, 0.717) is 11.5 Å². The minimum absolute atomic E-state index is 0.580. The van der Waals surface area contributed by atoms with E-state index in [2.05, 4.69) is 127 Å². The average molecular weight is 628 g/mol. The third-order valence-corrected chi connectivity index (χ3v) is 8.90. The summed E-state index contributed by atoms with van der Waals surface area (Å²) < 4.78 is 6.28. The van der Waals surface area contributed by atoms with E-state index in [1.165, 1.54) is 0 Å². The van der Waals surface area contributed by atoms with Crippen molar-refractivity contribution in [3.05, 3.63) is 176 Å². The predicted octanol–water partition coefficient (Wildman–Crippen LogP) is 11.8. The molecule has 0 spiro atoms. The summed E-state index contributed by atoms with van der Waals surface area (Å²) in [5, 5.41) is 1.93. The number of nitrogens with zero attached hydrogens (tertiary/aromatic N) is 3. The van der Waals surface area contributed by atoms with Crippen LogP contribution < -0.4 is 0 Å². The van der Waals surface area contributed by atoms with Gasteiger partial charge in [0.1, 0.15) is 5.58 Å². The first-order valence-electron chi connectivity index (χ1n) is 16.4. The lowest BCUT2D eigenvalue weighted by molar-refractivity contribution is 0.653. The SMILES string of the molecule is c1ccc(-c2cc(-c3ccccc3)nc(-c3cccc(-c4cccc(-c5nc(-c6ccccc6)c6c(n5)oc5ccccc56)c4)c3)c2)cc1. The largest absolute Gasteiger partial charge is 0.438 e. The molecule has 0 saturated carbocycles. The monoisotopic (exact) mass is 627 g/mol. The molecule has 0 bridgehead atoms.